The molecule has 110 valence electrons. The first-order valence-electron chi connectivity index (χ1n) is 7.26. The average Bonchev–Trinajstić information content (AvgIpc) is 2.50. The second-order valence-electron chi connectivity index (χ2n) is 5.52. The minimum atomic E-state index is 0.593. The first kappa shape index (κ1) is 13.6. The number of hydrogen-bond donors (Lipinski definition) is 2. The number of nitrogen functional groups attached to an aromatic ring is 1. The number of nitrogens with zero attached hydrogens (tertiary/aromatic N) is 4. The summed E-state index contributed by atoms with van der Waals surface area (Å²) in [6.45, 7) is 4.25. The van der Waals surface area contributed by atoms with Crippen molar-refractivity contribution < 1.29 is 0 Å². The molecule has 3 heterocycles. The number of anilines is 4. The fraction of sp³-hybridized carbons (Fsp3) is 0.400. The zero-order valence-corrected chi connectivity index (χ0v) is 12.2. The highest BCUT2D eigenvalue weighted by Gasteiger charge is 2.21. The van der Waals surface area contributed by atoms with Gasteiger partial charge >= 0.3 is 0 Å². The Balaban J connectivity index is 1.85. The Morgan fingerprint density at radius 2 is 2.29 bits per heavy atom. The fourth-order valence-electron chi connectivity index (χ4n) is 2.69. The highest BCUT2D eigenvalue weighted by molar-refractivity contribution is 5.78. The predicted octanol–water partition coefficient (Wildman–Crippen LogP) is 2.43. The van der Waals surface area contributed by atoms with Crippen LogP contribution in [0.3, 0.4) is 0 Å². The molecule has 6 nitrogen and oxygen atoms in total. The number of hydrogen-bond acceptors (Lipinski definition) is 6. The topological polar surface area (TPSA) is 80.0 Å². The summed E-state index contributed by atoms with van der Waals surface area (Å²) in [5.41, 5.74) is 7.71. The number of piperidine rings is 1. The molecule has 2 aromatic heterocycles. The summed E-state index contributed by atoms with van der Waals surface area (Å²) >= 11 is 0. The summed E-state index contributed by atoms with van der Waals surface area (Å²) in [5, 5.41) is 3.20. The average molecular weight is 284 g/mol. The third kappa shape index (κ3) is 3.04. The molecular formula is C15H20N6. The van der Waals surface area contributed by atoms with Crippen LogP contribution in [0, 0.1) is 5.92 Å². The Labute approximate surface area is 124 Å². The molecule has 1 aliphatic heterocycles. The Kier molecular flexibility index (Phi) is 3.85. The lowest BCUT2D eigenvalue weighted by Crippen LogP contribution is -2.35. The number of nitrogens with one attached hydrogen (secondary N) is 1. The van der Waals surface area contributed by atoms with Crippen LogP contribution in [0.2, 0.25) is 0 Å². The molecule has 0 radical (unpaired) electrons. The fourth-order valence-corrected chi connectivity index (χ4v) is 2.69. The van der Waals surface area contributed by atoms with Crippen molar-refractivity contribution in [3.8, 4) is 0 Å². The summed E-state index contributed by atoms with van der Waals surface area (Å²) in [5.74, 6) is 2.12. The molecule has 1 atom stereocenters. The Morgan fingerprint density at radius 1 is 1.38 bits per heavy atom. The lowest BCUT2D eigenvalue weighted by molar-refractivity contribution is 0.445. The second-order valence-corrected chi connectivity index (χ2v) is 5.52. The molecule has 0 aromatic carbocycles. The first-order chi connectivity index (χ1) is 10.2. The molecule has 3 N–H and O–H groups in total. The molecule has 0 bridgehead atoms. The van der Waals surface area contributed by atoms with E-state index in [1.165, 1.54) is 12.8 Å². The zero-order valence-electron chi connectivity index (χ0n) is 12.2. The van der Waals surface area contributed by atoms with Gasteiger partial charge in [0.15, 0.2) is 11.6 Å². The van der Waals surface area contributed by atoms with E-state index in [4.69, 9.17) is 5.73 Å². The number of pyridine rings is 1. The standard InChI is InChI=1S/C15H20N6/c1-11-4-3-7-21(9-11)15-13(16)14(18-10-19-15)20-12-5-2-6-17-8-12/h2,5-6,8,10-11H,3-4,7,9,16H2,1H3,(H,18,19,20). The number of nitrogens with two attached hydrogens (primary N) is 1. The summed E-state index contributed by atoms with van der Waals surface area (Å²) in [4.78, 5) is 14.9. The lowest BCUT2D eigenvalue weighted by Gasteiger charge is -2.32. The van der Waals surface area contributed by atoms with Gasteiger partial charge in [-0.1, -0.05) is 6.92 Å². The van der Waals surface area contributed by atoms with Crippen molar-refractivity contribution in [2.24, 2.45) is 5.92 Å². The van der Waals surface area contributed by atoms with Crippen LogP contribution < -0.4 is 16.0 Å². The van der Waals surface area contributed by atoms with Crippen molar-refractivity contribution in [3.05, 3.63) is 30.9 Å². The van der Waals surface area contributed by atoms with E-state index >= 15 is 0 Å². The smallest absolute Gasteiger partial charge is 0.159 e. The largest absolute Gasteiger partial charge is 0.393 e. The van der Waals surface area contributed by atoms with Gasteiger partial charge in [-0.3, -0.25) is 4.98 Å². The van der Waals surface area contributed by atoms with E-state index in [1.807, 2.05) is 12.1 Å². The van der Waals surface area contributed by atoms with Crippen LogP contribution >= 0.6 is 0 Å². The predicted molar refractivity (Wildman–Crippen MR) is 84.6 cm³/mol. The van der Waals surface area contributed by atoms with Gasteiger partial charge in [-0.2, -0.15) is 0 Å². The van der Waals surface area contributed by atoms with E-state index in [-0.39, 0.29) is 0 Å². The lowest BCUT2D eigenvalue weighted by atomic mass is 10.0. The second kappa shape index (κ2) is 5.95. The van der Waals surface area contributed by atoms with E-state index in [0.717, 1.165) is 24.6 Å². The SMILES string of the molecule is CC1CCCN(c2ncnc(Nc3cccnc3)c2N)C1. The number of rotatable bonds is 3. The van der Waals surface area contributed by atoms with Crippen molar-refractivity contribution in [3.63, 3.8) is 0 Å². The maximum absolute atomic E-state index is 6.26. The van der Waals surface area contributed by atoms with Gasteiger partial charge in [0.1, 0.15) is 12.0 Å². The van der Waals surface area contributed by atoms with Crippen molar-refractivity contribution in [2.45, 2.75) is 19.8 Å². The third-order valence-electron chi connectivity index (χ3n) is 3.74. The molecule has 1 fully saturated rings. The molecule has 1 saturated heterocycles. The molecule has 1 aliphatic rings. The van der Waals surface area contributed by atoms with Crippen molar-refractivity contribution in [1.29, 1.82) is 0 Å². The van der Waals surface area contributed by atoms with Gasteiger partial charge < -0.3 is 16.0 Å². The maximum Gasteiger partial charge on any atom is 0.159 e. The molecule has 1 unspecified atom stereocenters. The van der Waals surface area contributed by atoms with E-state index in [1.54, 1.807) is 18.7 Å². The summed E-state index contributed by atoms with van der Waals surface area (Å²) in [7, 11) is 0. The summed E-state index contributed by atoms with van der Waals surface area (Å²) < 4.78 is 0. The summed E-state index contributed by atoms with van der Waals surface area (Å²) in [6.07, 6.45) is 7.47. The molecule has 3 rings (SSSR count). The quantitative estimate of drug-likeness (QED) is 0.901. The minimum absolute atomic E-state index is 0.593. The van der Waals surface area contributed by atoms with Crippen LogP contribution in [0.5, 0.6) is 0 Å². The third-order valence-corrected chi connectivity index (χ3v) is 3.74. The minimum Gasteiger partial charge on any atom is -0.393 e. The van der Waals surface area contributed by atoms with Gasteiger partial charge in [0, 0.05) is 19.3 Å². The van der Waals surface area contributed by atoms with Crippen LogP contribution in [0.4, 0.5) is 23.0 Å². The monoisotopic (exact) mass is 284 g/mol. The molecule has 2 aromatic rings. The molecule has 0 saturated carbocycles. The van der Waals surface area contributed by atoms with Crippen LogP contribution in [0.25, 0.3) is 0 Å². The van der Waals surface area contributed by atoms with Crippen LogP contribution in [0.1, 0.15) is 19.8 Å². The maximum atomic E-state index is 6.26. The molecule has 0 spiro atoms. The normalized spacial score (nSPS) is 18.5. The van der Waals surface area contributed by atoms with Crippen LogP contribution in [0.15, 0.2) is 30.9 Å². The van der Waals surface area contributed by atoms with Gasteiger partial charge in [0.05, 0.1) is 11.9 Å². The van der Waals surface area contributed by atoms with Gasteiger partial charge in [0.2, 0.25) is 0 Å². The Hall–Kier alpha value is -2.37. The molecule has 0 aliphatic carbocycles. The van der Waals surface area contributed by atoms with Crippen molar-refractivity contribution in [2.75, 3.05) is 29.0 Å². The van der Waals surface area contributed by atoms with E-state index in [0.29, 0.717) is 17.4 Å². The molecule has 0 amide bonds. The molecular weight excluding hydrogens is 264 g/mol. The van der Waals surface area contributed by atoms with Gasteiger partial charge in [-0.25, -0.2) is 9.97 Å². The first-order valence-corrected chi connectivity index (χ1v) is 7.26. The van der Waals surface area contributed by atoms with E-state index in [9.17, 15) is 0 Å². The Morgan fingerprint density at radius 3 is 3.05 bits per heavy atom. The van der Waals surface area contributed by atoms with Crippen LogP contribution in [-0.2, 0) is 0 Å². The van der Waals surface area contributed by atoms with Crippen molar-refractivity contribution >= 4 is 23.0 Å². The number of aromatic nitrogens is 3. The van der Waals surface area contributed by atoms with Crippen molar-refractivity contribution in [1.82, 2.24) is 15.0 Å². The van der Waals surface area contributed by atoms with Gasteiger partial charge in [-0.05, 0) is 30.9 Å². The van der Waals surface area contributed by atoms with Crippen LogP contribution in [-0.4, -0.2) is 28.0 Å². The van der Waals surface area contributed by atoms with Gasteiger partial charge in [0.25, 0.3) is 0 Å². The van der Waals surface area contributed by atoms with E-state index in [2.05, 4.69) is 32.1 Å². The van der Waals surface area contributed by atoms with Gasteiger partial charge in [-0.15, -0.1) is 0 Å². The summed E-state index contributed by atoms with van der Waals surface area (Å²) in [6, 6.07) is 3.80. The molecule has 21 heavy (non-hydrogen) atoms. The highest BCUT2D eigenvalue weighted by Crippen LogP contribution is 2.30. The Bertz CT molecular complexity index is 600. The molecule has 6 heteroatoms. The van der Waals surface area contributed by atoms with E-state index < -0.39 is 0 Å². The highest BCUT2D eigenvalue weighted by atomic mass is 15.2. The zero-order chi connectivity index (χ0) is 14.7.